The lowest BCUT2D eigenvalue weighted by Gasteiger charge is -2.26. The zero-order valence-corrected chi connectivity index (χ0v) is 13.9. The topological polar surface area (TPSA) is 66.0 Å². The summed E-state index contributed by atoms with van der Waals surface area (Å²) in [4.78, 5) is 11.8. The minimum atomic E-state index is -0.521. The Morgan fingerprint density at radius 3 is 3.00 bits per heavy atom. The van der Waals surface area contributed by atoms with Crippen LogP contribution in [0.5, 0.6) is 0 Å². The van der Waals surface area contributed by atoms with E-state index in [1.807, 2.05) is 39.8 Å². The van der Waals surface area contributed by atoms with Gasteiger partial charge in [0.1, 0.15) is 11.7 Å². The second kappa shape index (κ2) is 6.05. The van der Waals surface area contributed by atoms with Crippen molar-refractivity contribution in [1.29, 1.82) is 0 Å². The summed E-state index contributed by atoms with van der Waals surface area (Å²) in [5.41, 5.74) is 2.69. The zero-order chi connectivity index (χ0) is 16.6. The molecule has 0 aromatic heterocycles. The monoisotopic (exact) mass is 319 g/mol. The highest BCUT2D eigenvalue weighted by atomic mass is 16.6. The summed E-state index contributed by atoms with van der Waals surface area (Å²) in [6.45, 7) is 8.31. The molecule has 7 heteroatoms. The molecule has 124 valence electrons. The highest BCUT2D eigenvalue weighted by Crippen LogP contribution is 2.35. The molecule has 0 fully saturated rings. The van der Waals surface area contributed by atoms with Crippen LogP contribution < -0.4 is 5.32 Å². The van der Waals surface area contributed by atoms with Crippen molar-refractivity contribution < 1.29 is 23.6 Å². The molecule has 3 aliphatic rings. The largest absolute Gasteiger partial charge is 0.495 e. The van der Waals surface area contributed by atoms with Crippen LogP contribution in [-0.2, 0) is 18.8 Å². The molecule has 3 heterocycles. The maximum Gasteiger partial charge on any atom is 0.495 e. The van der Waals surface area contributed by atoms with Crippen LogP contribution in [-0.4, -0.2) is 44.2 Å². The number of ether oxygens (including phenoxy) is 2. The fraction of sp³-hybridized carbons (Fsp3) is 0.562. The summed E-state index contributed by atoms with van der Waals surface area (Å²) in [7, 11) is -0.399. The molecule has 3 rings (SSSR count). The van der Waals surface area contributed by atoms with Crippen LogP contribution in [0.1, 0.15) is 27.7 Å². The molecule has 0 aliphatic carbocycles. The summed E-state index contributed by atoms with van der Waals surface area (Å²) >= 11 is 0. The summed E-state index contributed by atoms with van der Waals surface area (Å²) in [5.74, 6) is 0. The Labute approximate surface area is 136 Å². The summed E-state index contributed by atoms with van der Waals surface area (Å²) < 4.78 is 22.5. The van der Waals surface area contributed by atoms with E-state index < -0.39 is 18.8 Å². The van der Waals surface area contributed by atoms with Crippen LogP contribution in [0.15, 0.2) is 35.0 Å². The molecule has 23 heavy (non-hydrogen) atoms. The van der Waals surface area contributed by atoms with Crippen molar-refractivity contribution in [3.05, 3.63) is 35.0 Å². The maximum absolute atomic E-state index is 11.8. The second-order valence-electron chi connectivity index (χ2n) is 6.84. The number of hydrogen-bond acceptors (Lipinski definition) is 5. The van der Waals surface area contributed by atoms with Gasteiger partial charge in [-0.3, -0.25) is 0 Å². The smallest absolute Gasteiger partial charge is 0.494 e. The molecule has 0 bridgehead atoms. The van der Waals surface area contributed by atoms with Gasteiger partial charge in [-0.2, -0.15) is 0 Å². The van der Waals surface area contributed by atoms with Gasteiger partial charge < -0.3 is 24.1 Å². The zero-order valence-electron chi connectivity index (χ0n) is 13.9. The van der Waals surface area contributed by atoms with Crippen molar-refractivity contribution in [2.24, 2.45) is 0 Å². The maximum atomic E-state index is 11.8. The average Bonchev–Trinajstić information content (AvgIpc) is 2.80. The van der Waals surface area contributed by atoms with Gasteiger partial charge in [0.15, 0.2) is 0 Å². The molecule has 0 radical (unpaired) electrons. The molecule has 0 saturated heterocycles. The van der Waals surface area contributed by atoms with Crippen molar-refractivity contribution in [3.8, 4) is 0 Å². The predicted octanol–water partition coefficient (Wildman–Crippen LogP) is 2.12. The quantitative estimate of drug-likeness (QED) is 0.790. The lowest BCUT2D eigenvalue weighted by Crippen LogP contribution is -2.41. The molecule has 6 nitrogen and oxygen atoms in total. The van der Waals surface area contributed by atoms with E-state index in [0.717, 1.165) is 16.6 Å². The van der Waals surface area contributed by atoms with E-state index in [4.69, 9.17) is 18.8 Å². The SMILES string of the molecule is CC1OC=CC2=CC(CNC(=O)OC(C)(C)C)OB3OCC1=C32. The molecule has 0 saturated carbocycles. The molecular formula is C16H22BNO5. The number of rotatable bonds is 2. The van der Waals surface area contributed by atoms with Crippen molar-refractivity contribution in [2.45, 2.75) is 45.5 Å². The Kier molecular flexibility index (Phi) is 4.25. The van der Waals surface area contributed by atoms with E-state index in [9.17, 15) is 4.79 Å². The lowest BCUT2D eigenvalue weighted by atomic mass is 9.70. The third kappa shape index (κ3) is 3.62. The van der Waals surface area contributed by atoms with Crippen LogP contribution in [0, 0.1) is 0 Å². The van der Waals surface area contributed by atoms with Crippen molar-refractivity contribution in [1.82, 2.24) is 5.32 Å². The van der Waals surface area contributed by atoms with Gasteiger partial charge in [-0.1, -0.05) is 0 Å². The first-order valence-electron chi connectivity index (χ1n) is 7.84. The molecule has 2 unspecified atom stereocenters. The normalized spacial score (nSPS) is 26.3. The van der Waals surface area contributed by atoms with E-state index in [1.54, 1.807) is 6.26 Å². The highest BCUT2D eigenvalue weighted by molar-refractivity contribution is 6.57. The van der Waals surface area contributed by atoms with Gasteiger partial charge in [-0.05, 0) is 56.5 Å². The summed E-state index contributed by atoms with van der Waals surface area (Å²) in [6.07, 6.45) is 4.86. The molecule has 2 atom stereocenters. The predicted molar refractivity (Wildman–Crippen MR) is 85.6 cm³/mol. The van der Waals surface area contributed by atoms with Crippen molar-refractivity contribution >= 4 is 13.2 Å². The van der Waals surface area contributed by atoms with Gasteiger partial charge in [-0.25, -0.2) is 4.79 Å². The number of carbonyl (C=O) groups excluding carboxylic acids is 1. The Hall–Kier alpha value is -1.73. The third-order valence-corrected chi connectivity index (χ3v) is 3.81. The lowest BCUT2D eigenvalue weighted by molar-refractivity contribution is 0.0504. The highest BCUT2D eigenvalue weighted by Gasteiger charge is 2.42. The number of allylic oxidation sites excluding steroid dienone is 3. The average molecular weight is 319 g/mol. The van der Waals surface area contributed by atoms with E-state index in [2.05, 4.69) is 5.32 Å². The number of alkyl carbamates (subject to hydrolysis) is 1. The van der Waals surface area contributed by atoms with Crippen LogP contribution in [0.25, 0.3) is 0 Å². The molecule has 0 aromatic carbocycles. The molecule has 3 aliphatic heterocycles. The van der Waals surface area contributed by atoms with Gasteiger partial charge in [0.05, 0.1) is 19.0 Å². The van der Waals surface area contributed by atoms with Crippen molar-refractivity contribution in [3.63, 3.8) is 0 Å². The van der Waals surface area contributed by atoms with Crippen LogP contribution >= 0.6 is 0 Å². The number of hydrogen-bond donors (Lipinski definition) is 1. The van der Waals surface area contributed by atoms with Gasteiger partial charge in [0, 0.05) is 6.54 Å². The minimum absolute atomic E-state index is 0.0165. The number of carbonyl (C=O) groups is 1. The van der Waals surface area contributed by atoms with Crippen LogP contribution in [0.3, 0.4) is 0 Å². The van der Waals surface area contributed by atoms with Crippen LogP contribution in [0.4, 0.5) is 4.79 Å². The molecule has 1 N–H and O–H groups in total. The Balaban J connectivity index is 1.68. The van der Waals surface area contributed by atoms with Gasteiger partial charge in [0.2, 0.25) is 0 Å². The second-order valence-corrected chi connectivity index (χ2v) is 6.84. The standard InChI is InChI=1S/C16H22BNO5/c1-10-13-9-21-17-14(13)11(5-6-20-10)7-12(23-17)8-18-15(19)22-16(2,3)4/h5-7,10,12H,8-9H2,1-4H3,(H,18,19). The molecule has 0 aromatic rings. The Morgan fingerprint density at radius 2 is 2.26 bits per heavy atom. The van der Waals surface area contributed by atoms with Gasteiger partial charge in [0.25, 0.3) is 0 Å². The van der Waals surface area contributed by atoms with E-state index in [1.165, 1.54) is 0 Å². The van der Waals surface area contributed by atoms with Gasteiger partial charge >= 0.3 is 13.2 Å². The first-order chi connectivity index (χ1) is 10.8. The molecule has 0 spiro atoms. The van der Waals surface area contributed by atoms with E-state index >= 15 is 0 Å². The third-order valence-electron chi connectivity index (χ3n) is 3.81. The first-order valence-corrected chi connectivity index (χ1v) is 7.84. The van der Waals surface area contributed by atoms with E-state index in [-0.39, 0.29) is 12.2 Å². The summed E-state index contributed by atoms with van der Waals surface area (Å²) in [6, 6.07) is 0. The van der Waals surface area contributed by atoms with E-state index in [0.29, 0.717) is 13.2 Å². The Bertz CT molecular complexity index is 590. The molecule has 1 amide bonds. The number of nitrogens with one attached hydrogen (secondary N) is 1. The van der Waals surface area contributed by atoms with Crippen LogP contribution in [0.2, 0.25) is 0 Å². The fourth-order valence-corrected chi connectivity index (χ4v) is 2.79. The minimum Gasteiger partial charge on any atom is -0.494 e. The summed E-state index contributed by atoms with van der Waals surface area (Å²) in [5, 5.41) is 2.73. The van der Waals surface area contributed by atoms with Crippen molar-refractivity contribution in [2.75, 3.05) is 13.2 Å². The first kappa shape index (κ1) is 16.1. The number of amides is 1. The fourth-order valence-electron chi connectivity index (χ4n) is 2.79. The Morgan fingerprint density at radius 1 is 1.48 bits per heavy atom. The van der Waals surface area contributed by atoms with Gasteiger partial charge in [-0.15, -0.1) is 0 Å². The molecular weight excluding hydrogens is 297 g/mol.